The van der Waals surface area contributed by atoms with E-state index in [1.807, 2.05) is 6.07 Å². The van der Waals surface area contributed by atoms with Crippen LogP contribution in [-0.2, 0) is 4.79 Å². The molecule has 6 nitrogen and oxygen atoms in total. The van der Waals surface area contributed by atoms with Crippen LogP contribution in [0.2, 0.25) is 0 Å². The van der Waals surface area contributed by atoms with Crippen molar-refractivity contribution in [3.63, 3.8) is 0 Å². The lowest BCUT2D eigenvalue weighted by molar-refractivity contribution is -0.892. The second-order valence-electron chi connectivity index (χ2n) is 6.90. The Hall–Kier alpha value is -2.47. The molecule has 0 radical (unpaired) electrons. The van der Waals surface area contributed by atoms with Gasteiger partial charge in [-0.3, -0.25) is 4.79 Å². The number of piperazine rings is 1. The number of carbonyl (C=O) groups excluding carboxylic acids is 1. The molecule has 138 valence electrons. The van der Waals surface area contributed by atoms with Crippen LogP contribution >= 0.6 is 0 Å². The van der Waals surface area contributed by atoms with E-state index in [1.54, 1.807) is 12.4 Å². The summed E-state index contributed by atoms with van der Waals surface area (Å²) in [7, 11) is 0. The largest absolute Gasteiger partial charge is 0.344 e. The van der Waals surface area contributed by atoms with Gasteiger partial charge in [0.15, 0.2) is 6.54 Å². The second kappa shape index (κ2) is 8.76. The zero-order chi connectivity index (χ0) is 18.4. The van der Waals surface area contributed by atoms with Gasteiger partial charge in [-0.15, -0.1) is 0 Å². The molecule has 0 bridgehead atoms. The molecule has 1 atom stereocenters. The van der Waals surface area contributed by atoms with E-state index in [-0.39, 0.29) is 11.9 Å². The monoisotopic (exact) mass is 354 g/mol. The number of rotatable bonds is 6. The van der Waals surface area contributed by atoms with Crippen LogP contribution in [0.15, 0.2) is 42.7 Å². The van der Waals surface area contributed by atoms with Crippen molar-refractivity contribution in [3.05, 3.63) is 53.9 Å². The number of carbonyl (C=O) groups is 1. The summed E-state index contributed by atoms with van der Waals surface area (Å²) in [6.45, 7) is 8.30. The first-order valence-electron chi connectivity index (χ1n) is 9.37. The third-order valence-electron chi connectivity index (χ3n) is 4.94. The molecule has 0 aliphatic carbocycles. The molecule has 0 spiro atoms. The topological polar surface area (TPSA) is 62.6 Å². The van der Waals surface area contributed by atoms with Crippen LogP contribution in [0, 0.1) is 6.92 Å². The Morgan fingerprint density at radius 3 is 2.46 bits per heavy atom. The Morgan fingerprint density at radius 2 is 1.85 bits per heavy atom. The van der Waals surface area contributed by atoms with E-state index in [1.165, 1.54) is 16.0 Å². The van der Waals surface area contributed by atoms with E-state index in [0.717, 1.165) is 38.5 Å². The maximum absolute atomic E-state index is 12.5. The highest BCUT2D eigenvalue weighted by Gasteiger charge is 2.24. The molecule has 1 amide bonds. The highest BCUT2D eigenvalue weighted by molar-refractivity contribution is 5.77. The molecule has 3 rings (SSSR count). The number of amides is 1. The summed E-state index contributed by atoms with van der Waals surface area (Å²) in [5.41, 5.74) is 2.41. The smallest absolute Gasteiger partial charge is 0.275 e. The summed E-state index contributed by atoms with van der Waals surface area (Å²) in [6.07, 6.45) is 4.43. The number of nitrogens with one attached hydrogen (secondary N) is 2. The van der Waals surface area contributed by atoms with E-state index >= 15 is 0 Å². The third kappa shape index (κ3) is 4.79. The lowest BCUT2D eigenvalue weighted by Crippen LogP contribution is -3.16. The molecule has 1 aromatic heterocycles. The summed E-state index contributed by atoms with van der Waals surface area (Å²) < 4.78 is 0. The number of hydrogen-bond acceptors (Lipinski definition) is 4. The average Bonchev–Trinajstić information content (AvgIpc) is 2.68. The highest BCUT2D eigenvalue weighted by atomic mass is 16.2. The fourth-order valence-electron chi connectivity index (χ4n) is 3.35. The molecule has 1 fully saturated rings. The van der Waals surface area contributed by atoms with Gasteiger partial charge in [-0.1, -0.05) is 36.8 Å². The van der Waals surface area contributed by atoms with Crippen molar-refractivity contribution >= 4 is 11.9 Å². The fraction of sp³-hybridized carbons (Fsp3) is 0.450. The second-order valence-corrected chi connectivity index (χ2v) is 6.90. The summed E-state index contributed by atoms with van der Waals surface area (Å²) in [4.78, 5) is 24.6. The Morgan fingerprint density at radius 1 is 1.19 bits per heavy atom. The summed E-state index contributed by atoms with van der Waals surface area (Å²) in [6, 6.07) is 10.3. The standard InChI is InChI=1S/C20H27N5O/c1-3-18(17-7-5-16(2)6-8-17)23-19(26)15-24-11-13-25(14-12-24)20-21-9-4-10-22-20/h4-10,18H,3,11-15H2,1-2H3,(H,23,26)/p+1/t18-/m0/s1. The van der Waals surface area contributed by atoms with E-state index < -0.39 is 0 Å². The highest BCUT2D eigenvalue weighted by Crippen LogP contribution is 2.16. The van der Waals surface area contributed by atoms with Gasteiger partial charge in [0, 0.05) is 12.4 Å². The zero-order valence-corrected chi connectivity index (χ0v) is 15.6. The van der Waals surface area contributed by atoms with Gasteiger partial charge in [0.1, 0.15) is 0 Å². The van der Waals surface area contributed by atoms with Gasteiger partial charge >= 0.3 is 0 Å². The van der Waals surface area contributed by atoms with Crippen molar-refractivity contribution in [2.24, 2.45) is 0 Å². The van der Waals surface area contributed by atoms with Gasteiger partial charge in [0.25, 0.3) is 5.91 Å². The molecule has 0 saturated carbocycles. The molecule has 2 N–H and O–H groups in total. The van der Waals surface area contributed by atoms with Crippen molar-refractivity contribution in [2.75, 3.05) is 37.6 Å². The SMILES string of the molecule is CC[C@H](NC(=O)C[NH+]1CCN(c2ncccn2)CC1)c1ccc(C)cc1. The number of quaternary nitrogens is 1. The molecule has 0 unspecified atom stereocenters. The maximum atomic E-state index is 12.5. The molecule has 6 heteroatoms. The first-order chi connectivity index (χ1) is 12.7. The minimum Gasteiger partial charge on any atom is -0.344 e. The predicted molar refractivity (Wildman–Crippen MR) is 102 cm³/mol. The van der Waals surface area contributed by atoms with E-state index in [4.69, 9.17) is 0 Å². The van der Waals surface area contributed by atoms with Gasteiger partial charge in [0.2, 0.25) is 5.95 Å². The zero-order valence-electron chi connectivity index (χ0n) is 15.6. The molecule has 2 heterocycles. The van der Waals surface area contributed by atoms with Gasteiger partial charge in [-0.25, -0.2) is 9.97 Å². The van der Waals surface area contributed by atoms with E-state index in [9.17, 15) is 4.79 Å². The number of aryl methyl sites for hydroxylation is 1. The fourth-order valence-corrected chi connectivity index (χ4v) is 3.35. The number of anilines is 1. The minimum absolute atomic E-state index is 0.0847. The number of aromatic nitrogens is 2. The van der Waals surface area contributed by atoms with Gasteiger partial charge < -0.3 is 15.1 Å². The van der Waals surface area contributed by atoms with Crippen molar-refractivity contribution in [1.82, 2.24) is 15.3 Å². The molecular formula is C20H28N5O+. The van der Waals surface area contributed by atoms with Crippen LogP contribution in [0.1, 0.15) is 30.5 Å². The van der Waals surface area contributed by atoms with Gasteiger partial charge in [-0.05, 0) is 25.0 Å². The summed E-state index contributed by atoms with van der Waals surface area (Å²) in [5, 5.41) is 3.19. The lowest BCUT2D eigenvalue weighted by Gasteiger charge is -2.32. The van der Waals surface area contributed by atoms with Crippen molar-refractivity contribution in [3.8, 4) is 0 Å². The molecule has 26 heavy (non-hydrogen) atoms. The lowest BCUT2D eigenvalue weighted by atomic mass is 10.0. The van der Waals surface area contributed by atoms with E-state index in [2.05, 4.69) is 58.3 Å². The summed E-state index contributed by atoms with van der Waals surface area (Å²) >= 11 is 0. The summed E-state index contributed by atoms with van der Waals surface area (Å²) in [5.74, 6) is 0.901. The molecule has 1 aliphatic rings. The Kier molecular flexibility index (Phi) is 6.17. The molecule has 2 aromatic rings. The predicted octanol–water partition coefficient (Wildman–Crippen LogP) is 0.757. The van der Waals surface area contributed by atoms with Gasteiger partial charge in [-0.2, -0.15) is 0 Å². The van der Waals surface area contributed by atoms with Crippen molar-refractivity contribution < 1.29 is 9.69 Å². The van der Waals surface area contributed by atoms with Crippen LogP contribution in [0.5, 0.6) is 0 Å². The number of benzene rings is 1. The van der Waals surface area contributed by atoms with Crippen LogP contribution < -0.4 is 15.1 Å². The van der Waals surface area contributed by atoms with E-state index in [0.29, 0.717) is 6.54 Å². The van der Waals surface area contributed by atoms with Crippen molar-refractivity contribution in [1.29, 1.82) is 0 Å². The molecule has 1 aromatic carbocycles. The minimum atomic E-state index is 0.0847. The van der Waals surface area contributed by atoms with Crippen LogP contribution in [-0.4, -0.2) is 48.6 Å². The Bertz CT molecular complexity index is 696. The number of hydrogen-bond donors (Lipinski definition) is 2. The number of nitrogens with zero attached hydrogens (tertiary/aromatic N) is 3. The first-order valence-corrected chi connectivity index (χ1v) is 9.37. The first kappa shape index (κ1) is 18.3. The normalized spacial score (nSPS) is 16.3. The van der Waals surface area contributed by atoms with Crippen LogP contribution in [0.25, 0.3) is 0 Å². The Balaban J connectivity index is 1.48. The van der Waals surface area contributed by atoms with Crippen LogP contribution in [0.3, 0.4) is 0 Å². The Labute approximate surface area is 155 Å². The average molecular weight is 354 g/mol. The quantitative estimate of drug-likeness (QED) is 0.804. The van der Waals surface area contributed by atoms with Gasteiger partial charge in [0.05, 0.1) is 32.2 Å². The molecule has 1 aliphatic heterocycles. The van der Waals surface area contributed by atoms with Crippen LogP contribution in [0.4, 0.5) is 5.95 Å². The third-order valence-corrected chi connectivity index (χ3v) is 4.94. The maximum Gasteiger partial charge on any atom is 0.275 e. The molecular weight excluding hydrogens is 326 g/mol. The molecule has 1 saturated heterocycles. The van der Waals surface area contributed by atoms with Crippen molar-refractivity contribution in [2.45, 2.75) is 26.3 Å².